The molecule has 33 heavy (non-hydrogen) atoms. The lowest BCUT2D eigenvalue weighted by atomic mass is 10.1. The fourth-order valence-electron chi connectivity index (χ4n) is 3.39. The van der Waals surface area contributed by atoms with Gasteiger partial charge in [-0.05, 0) is 61.7 Å². The van der Waals surface area contributed by atoms with Crippen LogP contribution in [0.15, 0.2) is 71.6 Å². The van der Waals surface area contributed by atoms with Gasteiger partial charge in [-0.15, -0.1) is 0 Å². The van der Waals surface area contributed by atoms with E-state index in [9.17, 15) is 13.2 Å². The molecule has 0 bridgehead atoms. The molecule has 0 radical (unpaired) electrons. The maximum atomic E-state index is 13.2. The molecule has 0 saturated carbocycles. The van der Waals surface area contributed by atoms with Crippen LogP contribution in [0, 0.1) is 6.92 Å². The van der Waals surface area contributed by atoms with Crippen LogP contribution >= 0.6 is 23.2 Å². The molecule has 1 atom stereocenters. The van der Waals surface area contributed by atoms with Gasteiger partial charge in [0.1, 0.15) is 10.6 Å². The van der Waals surface area contributed by atoms with E-state index < -0.39 is 10.1 Å². The molecule has 0 saturated heterocycles. The Morgan fingerprint density at radius 2 is 1.61 bits per heavy atom. The highest BCUT2D eigenvalue weighted by Crippen LogP contribution is 2.28. The number of carbonyl (C=O) groups is 1. The number of rotatable bonds is 8. The van der Waals surface area contributed by atoms with Crippen LogP contribution in [-0.2, 0) is 16.7 Å². The summed E-state index contributed by atoms with van der Waals surface area (Å²) in [6.45, 7) is 5.99. The van der Waals surface area contributed by atoms with Crippen molar-refractivity contribution in [2.45, 2.75) is 44.7 Å². The van der Waals surface area contributed by atoms with Gasteiger partial charge in [-0.1, -0.05) is 66.5 Å². The van der Waals surface area contributed by atoms with Crippen molar-refractivity contribution in [3.05, 3.63) is 93.5 Å². The SMILES string of the molecule is CC[C@H](C)N(Cc1ccc(OS(=O)(=O)c2c(C)cccc2Cl)cc1)C(=O)c1ccccc1Cl. The second-order valence-electron chi connectivity index (χ2n) is 7.74. The molecule has 3 aromatic rings. The summed E-state index contributed by atoms with van der Waals surface area (Å²) < 4.78 is 30.8. The minimum atomic E-state index is -4.09. The van der Waals surface area contributed by atoms with Gasteiger partial charge >= 0.3 is 10.1 Å². The van der Waals surface area contributed by atoms with Gasteiger partial charge in [0.05, 0.1) is 15.6 Å². The fraction of sp³-hybridized carbons (Fsp3) is 0.240. The third kappa shape index (κ3) is 5.88. The quantitative estimate of drug-likeness (QED) is 0.327. The molecule has 0 aliphatic heterocycles. The van der Waals surface area contributed by atoms with Crippen molar-refractivity contribution in [3.63, 3.8) is 0 Å². The van der Waals surface area contributed by atoms with Crippen molar-refractivity contribution >= 4 is 39.2 Å². The molecular weight excluding hydrogens is 481 g/mol. The molecular formula is C25H25Cl2NO4S. The van der Waals surface area contributed by atoms with Crippen molar-refractivity contribution in [2.24, 2.45) is 0 Å². The van der Waals surface area contributed by atoms with Gasteiger partial charge in [0.2, 0.25) is 0 Å². The van der Waals surface area contributed by atoms with Crippen LogP contribution in [0.1, 0.15) is 41.8 Å². The zero-order valence-corrected chi connectivity index (χ0v) is 20.9. The first-order valence-electron chi connectivity index (χ1n) is 10.5. The molecule has 3 rings (SSSR count). The lowest BCUT2D eigenvalue weighted by Crippen LogP contribution is -2.37. The normalized spacial score (nSPS) is 12.3. The second kappa shape index (κ2) is 10.6. The number of halogens is 2. The first-order valence-corrected chi connectivity index (χ1v) is 12.6. The molecule has 0 spiro atoms. The van der Waals surface area contributed by atoms with Gasteiger partial charge in [-0.25, -0.2) is 0 Å². The van der Waals surface area contributed by atoms with Crippen LogP contribution in [0.5, 0.6) is 5.75 Å². The molecule has 174 valence electrons. The lowest BCUT2D eigenvalue weighted by Gasteiger charge is -2.29. The molecule has 0 unspecified atom stereocenters. The van der Waals surface area contributed by atoms with E-state index in [4.69, 9.17) is 27.4 Å². The number of benzene rings is 3. The molecule has 0 aromatic heterocycles. The smallest absolute Gasteiger partial charge is 0.340 e. The Labute approximate surface area is 205 Å². The summed E-state index contributed by atoms with van der Waals surface area (Å²) in [5, 5.41) is 0.508. The van der Waals surface area contributed by atoms with Gasteiger partial charge in [0.15, 0.2) is 0 Å². The third-order valence-electron chi connectivity index (χ3n) is 5.38. The number of nitrogens with zero attached hydrogens (tertiary/aromatic N) is 1. The molecule has 0 N–H and O–H groups in total. The molecule has 0 fully saturated rings. The Hall–Kier alpha value is -2.54. The van der Waals surface area contributed by atoms with Gasteiger partial charge in [0, 0.05) is 12.6 Å². The maximum absolute atomic E-state index is 13.2. The average Bonchev–Trinajstić information content (AvgIpc) is 2.77. The van der Waals surface area contributed by atoms with Crippen molar-refractivity contribution in [1.29, 1.82) is 0 Å². The van der Waals surface area contributed by atoms with Gasteiger partial charge in [-0.3, -0.25) is 4.79 Å². The van der Waals surface area contributed by atoms with Gasteiger partial charge in [0.25, 0.3) is 5.91 Å². The van der Waals surface area contributed by atoms with E-state index in [0.717, 1.165) is 12.0 Å². The number of amides is 1. The summed E-state index contributed by atoms with van der Waals surface area (Å²) in [6.07, 6.45) is 0.771. The van der Waals surface area contributed by atoms with Crippen LogP contribution in [0.25, 0.3) is 0 Å². The minimum Gasteiger partial charge on any atom is -0.379 e. The topological polar surface area (TPSA) is 63.7 Å². The Kier molecular flexibility index (Phi) is 8.05. The summed E-state index contributed by atoms with van der Waals surface area (Å²) in [7, 11) is -4.09. The lowest BCUT2D eigenvalue weighted by molar-refractivity contribution is 0.0672. The fourth-order valence-corrected chi connectivity index (χ4v) is 5.33. The van der Waals surface area contributed by atoms with Crippen LogP contribution in [-0.4, -0.2) is 25.3 Å². The van der Waals surface area contributed by atoms with Crippen LogP contribution in [0.4, 0.5) is 0 Å². The predicted molar refractivity (Wildman–Crippen MR) is 132 cm³/mol. The van der Waals surface area contributed by atoms with E-state index in [-0.39, 0.29) is 27.6 Å². The highest BCUT2D eigenvalue weighted by molar-refractivity contribution is 7.87. The van der Waals surface area contributed by atoms with Gasteiger partial charge < -0.3 is 9.08 Å². The van der Waals surface area contributed by atoms with E-state index >= 15 is 0 Å². The standard InChI is InChI=1S/C25H25Cl2NO4S/c1-4-18(3)28(25(29)21-9-5-6-10-22(21)26)16-19-12-14-20(15-13-19)32-33(30,31)24-17(2)8-7-11-23(24)27/h5-15,18H,4,16H2,1-3H3/t18-/m0/s1. The Morgan fingerprint density at radius 1 is 0.970 bits per heavy atom. The monoisotopic (exact) mass is 505 g/mol. The zero-order valence-electron chi connectivity index (χ0n) is 18.6. The van der Waals surface area contributed by atoms with Crippen LogP contribution in [0.3, 0.4) is 0 Å². The minimum absolute atomic E-state index is 0.0201. The molecule has 0 aliphatic carbocycles. The van der Waals surface area contributed by atoms with Crippen molar-refractivity contribution in [1.82, 2.24) is 4.90 Å². The second-order valence-corrected chi connectivity index (χ2v) is 10.0. The Morgan fingerprint density at radius 3 is 2.21 bits per heavy atom. The first-order chi connectivity index (χ1) is 15.6. The summed E-state index contributed by atoms with van der Waals surface area (Å²) in [5.41, 5.74) is 1.77. The van der Waals surface area contributed by atoms with Crippen LogP contribution < -0.4 is 4.18 Å². The summed E-state index contributed by atoms with van der Waals surface area (Å²) in [5.74, 6) is -0.00219. The van der Waals surface area contributed by atoms with E-state index in [1.165, 1.54) is 6.07 Å². The summed E-state index contributed by atoms with van der Waals surface area (Å²) >= 11 is 12.3. The largest absolute Gasteiger partial charge is 0.379 e. The number of carbonyl (C=O) groups excluding carboxylic acids is 1. The van der Waals surface area contributed by atoms with Crippen molar-refractivity contribution in [3.8, 4) is 5.75 Å². The number of aryl methyl sites for hydroxylation is 1. The Balaban J connectivity index is 1.81. The van der Waals surface area contributed by atoms with E-state index in [1.54, 1.807) is 72.5 Å². The van der Waals surface area contributed by atoms with E-state index in [1.807, 2.05) is 13.8 Å². The maximum Gasteiger partial charge on any atom is 0.340 e. The molecule has 3 aromatic carbocycles. The Bertz CT molecular complexity index is 1220. The van der Waals surface area contributed by atoms with Crippen LogP contribution in [0.2, 0.25) is 10.0 Å². The number of hydrogen-bond acceptors (Lipinski definition) is 4. The summed E-state index contributed by atoms with van der Waals surface area (Å²) in [6, 6.07) is 18.4. The number of hydrogen-bond donors (Lipinski definition) is 0. The zero-order chi connectivity index (χ0) is 24.2. The molecule has 5 nitrogen and oxygen atoms in total. The highest BCUT2D eigenvalue weighted by Gasteiger charge is 2.24. The average molecular weight is 506 g/mol. The molecule has 0 aliphatic rings. The predicted octanol–water partition coefficient (Wildman–Crippen LogP) is 6.51. The van der Waals surface area contributed by atoms with E-state index in [2.05, 4.69) is 0 Å². The molecule has 8 heteroatoms. The third-order valence-corrected chi connectivity index (χ3v) is 7.59. The molecule has 1 amide bonds. The summed E-state index contributed by atoms with van der Waals surface area (Å²) in [4.78, 5) is 14.9. The first kappa shape index (κ1) is 25.1. The highest BCUT2D eigenvalue weighted by atomic mass is 35.5. The van der Waals surface area contributed by atoms with E-state index in [0.29, 0.717) is 22.7 Å². The van der Waals surface area contributed by atoms with Crippen molar-refractivity contribution < 1.29 is 17.4 Å². The molecule has 0 heterocycles. The van der Waals surface area contributed by atoms with Crippen molar-refractivity contribution in [2.75, 3.05) is 0 Å². The van der Waals surface area contributed by atoms with Gasteiger partial charge in [-0.2, -0.15) is 8.42 Å².